The van der Waals surface area contributed by atoms with Gasteiger partial charge in [0.05, 0.1) is 5.57 Å². The van der Waals surface area contributed by atoms with Crippen LogP contribution in [0.5, 0.6) is 0 Å². The Labute approximate surface area is 250 Å². The van der Waals surface area contributed by atoms with Crippen LogP contribution in [0.1, 0.15) is 25.1 Å². The van der Waals surface area contributed by atoms with E-state index in [0.29, 0.717) is 65.6 Å². The van der Waals surface area contributed by atoms with E-state index in [0.717, 1.165) is 24.4 Å². The lowest BCUT2D eigenvalue weighted by molar-refractivity contribution is -0.132. The Hall–Kier alpha value is -4.43. The molecular formula is C29H30F2N8O3S. The topological polar surface area (TPSA) is 127 Å². The number of allylic oxidation sites excluding steroid dienone is 1. The minimum atomic E-state index is -3.58. The summed E-state index contributed by atoms with van der Waals surface area (Å²) in [6.07, 6.45) is 3.62. The van der Waals surface area contributed by atoms with Crippen molar-refractivity contribution in [3.63, 3.8) is 0 Å². The summed E-state index contributed by atoms with van der Waals surface area (Å²) in [5.41, 5.74) is 1.05. The third kappa shape index (κ3) is 5.20. The predicted octanol–water partition coefficient (Wildman–Crippen LogP) is 4.46. The van der Waals surface area contributed by atoms with Crippen LogP contribution in [-0.2, 0) is 10.7 Å². The van der Waals surface area contributed by atoms with E-state index < -0.39 is 23.6 Å². The third-order valence-electron chi connectivity index (χ3n) is 7.67. The highest BCUT2D eigenvalue weighted by Gasteiger charge is 2.38. The maximum Gasteiger partial charge on any atom is 0.337 e. The number of fused-ring (bicyclic) bond motifs is 6. The minimum Gasteiger partial charge on any atom is -0.478 e. The van der Waals surface area contributed by atoms with E-state index in [1.807, 2.05) is 14.0 Å². The van der Waals surface area contributed by atoms with Crippen molar-refractivity contribution in [3.8, 4) is 21.7 Å². The molecule has 224 valence electrons. The molecule has 1 fully saturated rings. The number of nitrogens with one attached hydrogen (secondary N) is 2. The average molecular weight is 609 g/mol. The first-order valence-corrected chi connectivity index (χ1v) is 14.8. The summed E-state index contributed by atoms with van der Waals surface area (Å²) < 4.78 is 31.7. The smallest absolute Gasteiger partial charge is 0.337 e. The van der Waals surface area contributed by atoms with Gasteiger partial charge < -0.3 is 25.1 Å². The number of carboxylic acid groups (broad SMARTS) is 1. The lowest BCUT2D eigenvalue weighted by Gasteiger charge is -2.36. The number of carbonyl (C=O) groups excluding carboxylic acids is 1. The molecule has 6 heterocycles. The molecule has 4 bridgehead atoms. The third-order valence-corrected chi connectivity index (χ3v) is 8.54. The maximum absolute atomic E-state index is 15.9. The molecular weight excluding hydrogens is 578 g/mol. The minimum absolute atomic E-state index is 0.128. The van der Waals surface area contributed by atoms with Crippen molar-refractivity contribution >= 4 is 46.4 Å². The molecule has 0 aliphatic carbocycles. The van der Waals surface area contributed by atoms with E-state index in [4.69, 9.17) is 4.98 Å². The van der Waals surface area contributed by atoms with E-state index in [1.165, 1.54) is 11.6 Å². The van der Waals surface area contributed by atoms with Gasteiger partial charge in [0.2, 0.25) is 0 Å². The SMILES string of the molecule is CCNC(=O)Nc1cc2c(cn1)-c1cc3c(nc1N1CCN(C)CC1)N(CC)C=C(C(=O)O)C3=CC(F)(F)c1csc-2n1. The maximum atomic E-state index is 15.9. The number of likely N-dealkylation sites (N-methyl/N-ethyl adjacent to an activating group) is 1. The van der Waals surface area contributed by atoms with Crippen molar-refractivity contribution in [2.75, 3.05) is 61.4 Å². The highest BCUT2D eigenvalue weighted by molar-refractivity contribution is 7.13. The number of hydrogen-bond acceptors (Lipinski definition) is 9. The summed E-state index contributed by atoms with van der Waals surface area (Å²) in [7, 11) is 2.05. The Morgan fingerprint density at radius 2 is 1.81 bits per heavy atom. The number of alkyl halides is 2. The number of anilines is 3. The second-order valence-corrected chi connectivity index (χ2v) is 11.3. The van der Waals surface area contributed by atoms with Crippen LogP contribution < -0.4 is 20.4 Å². The Balaban J connectivity index is 1.66. The van der Waals surface area contributed by atoms with Crippen molar-refractivity contribution in [2.45, 2.75) is 19.8 Å². The summed E-state index contributed by atoms with van der Waals surface area (Å²) in [6.45, 7) is 7.38. The normalized spacial score (nSPS) is 17.3. The summed E-state index contributed by atoms with van der Waals surface area (Å²) in [5, 5.41) is 17.0. The number of aromatic nitrogens is 3. The standard InChI is InChI=1S/C29H30F2N8O3S/c1-4-32-28(42)35-23-11-18-20(13-33-23)17-10-16-19(12-29(30,31)22-15-43-26(18)34-22)21(27(40)41)14-38(5-2)24(16)36-25(17)39-8-6-37(3)7-9-39/h10-15H,4-9H2,1-3H3,(H,40,41)(H2,32,33,35,42). The monoisotopic (exact) mass is 608 g/mol. The number of rotatable bonds is 5. The fourth-order valence-electron chi connectivity index (χ4n) is 5.41. The Kier molecular flexibility index (Phi) is 7.34. The largest absolute Gasteiger partial charge is 0.478 e. The van der Waals surface area contributed by atoms with Gasteiger partial charge in [0.1, 0.15) is 28.2 Å². The molecule has 0 spiro atoms. The van der Waals surface area contributed by atoms with Crippen molar-refractivity contribution in [1.29, 1.82) is 0 Å². The molecule has 43 heavy (non-hydrogen) atoms. The van der Waals surface area contributed by atoms with Crippen LogP contribution in [0.4, 0.5) is 31.0 Å². The molecule has 3 aromatic rings. The summed E-state index contributed by atoms with van der Waals surface area (Å²) in [4.78, 5) is 44.6. The van der Waals surface area contributed by atoms with Gasteiger partial charge in [-0.3, -0.25) is 5.32 Å². The zero-order valence-corrected chi connectivity index (χ0v) is 24.6. The molecule has 3 aliphatic heterocycles. The molecule has 0 atom stereocenters. The van der Waals surface area contributed by atoms with E-state index in [-0.39, 0.29) is 22.5 Å². The molecule has 3 N–H and O–H groups in total. The van der Waals surface area contributed by atoms with Gasteiger partial charge in [-0.1, -0.05) is 0 Å². The predicted molar refractivity (Wildman–Crippen MR) is 162 cm³/mol. The quantitative estimate of drug-likeness (QED) is 0.385. The molecule has 14 heteroatoms. The van der Waals surface area contributed by atoms with Gasteiger partial charge in [0.25, 0.3) is 0 Å². The molecule has 11 nitrogen and oxygen atoms in total. The molecule has 1 saturated heterocycles. The highest BCUT2D eigenvalue weighted by Crippen LogP contribution is 2.48. The van der Waals surface area contributed by atoms with Gasteiger partial charge in [-0.2, -0.15) is 8.78 Å². The number of halogens is 2. The number of thiazole rings is 1. The number of nitrogens with zero attached hydrogens (tertiary/aromatic N) is 6. The molecule has 6 rings (SSSR count). The second kappa shape index (κ2) is 11.0. The molecule has 2 amide bonds. The van der Waals surface area contributed by atoms with Crippen LogP contribution in [0.3, 0.4) is 0 Å². The molecule has 3 aromatic heterocycles. The highest BCUT2D eigenvalue weighted by atomic mass is 32.1. The average Bonchev–Trinajstić information content (AvgIpc) is 3.48. The number of pyridine rings is 2. The van der Waals surface area contributed by atoms with Gasteiger partial charge in [0.15, 0.2) is 0 Å². The zero-order chi connectivity index (χ0) is 30.5. The van der Waals surface area contributed by atoms with Crippen molar-refractivity contribution in [1.82, 2.24) is 25.2 Å². The van der Waals surface area contributed by atoms with Gasteiger partial charge in [-0.15, -0.1) is 11.3 Å². The molecule has 0 aromatic carbocycles. The van der Waals surface area contributed by atoms with Crippen molar-refractivity contribution < 1.29 is 23.5 Å². The molecule has 0 saturated carbocycles. The number of piperazine rings is 1. The van der Waals surface area contributed by atoms with Gasteiger partial charge >= 0.3 is 17.9 Å². The summed E-state index contributed by atoms with van der Waals surface area (Å²) >= 11 is 1.03. The summed E-state index contributed by atoms with van der Waals surface area (Å²) in [5.74, 6) is -3.66. The Morgan fingerprint density at radius 1 is 1.05 bits per heavy atom. The number of aliphatic carboxylic acids is 1. The number of carboxylic acids is 1. The zero-order valence-electron chi connectivity index (χ0n) is 23.8. The summed E-state index contributed by atoms with van der Waals surface area (Å²) in [6, 6.07) is 2.91. The van der Waals surface area contributed by atoms with E-state index >= 15 is 8.78 Å². The Bertz CT molecular complexity index is 1680. The van der Waals surface area contributed by atoms with E-state index in [1.54, 1.807) is 30.2 Å². The van der Waals surface area contributed by atoms with Crippen molar-refractivity contribution in [2.24, 2.45) is 0 Å². The molecule has 0 unspecified atom stereocenters. The fourth-order valence-corrected chi connectivity index (χ4v) is 6.29. The number of amides is 2. The van der Waals surface area contributed by atoms with Gasteiger partial charge in [-0.05, 0) is 39.1 Å². The number of urea groups is 1. The van der Waals surface area contributed by atoms with Crippen LogP contribution in [0.15, 0.2) is 41.6 Å². The first-order valence-electron chi connectivity index (χ1n) is 13.9. The lowest BCUT2D eigenvalue weighted by Crippen LogP contribution is -2.45. The first kappa shape index (κ1) is 28.7. The van der Waals surface area contributed by atoms with E-state index in [9.17, 15) is 14.7 Å². The van der Waals surface area contributed by atoms with Crippen LogP contribution in [0, 0.1) is 0 Å². The van der Waals surface area contributed by atoms with Crippen LogP contribution in [-0.4, -0.2) is 83.3 Å². The van der Waals surface area contributed by atoms with Gasteiger partial charge in [-0.25, -0.2) is 24.5 Å². The van der Waals surface area contributed by atoms with Gasteiger partial charge in [0, 0.05) is 84.9 Å². The number of carbonyl (C=O) groups is 2. The van der Waals surface area contributed by atoms with Crippen LogP contribution in [0.25, 0.3) is 27.3 Å². The number of hydrogen-bond donors (Lipinski definition) is 3. The van der Waals surface area contributed by atoms with Crippen LogP contribution >= 0.6 is 11.3 Å². The first-order chi connectivity index (χ1) is 20.6. The molecule has 0 radical (unpaired) electrons. The van der Waals surface area contributed by atoms with Crippen LogP contribution in [0.2, 0.25) is 0 Å². The van der Waals surface area contributed by atoms with Crippen molar-refractivity contribution in [3.05, 3.63) is 52.8 Å². The van der Waals surface area contributed by atoms with E-state index in [2.05, 4.69) is 30.4 Å². The fraction of sp³-hybridized carbons (Fsp3) is 0.345. The Morgan fingerprint density at radius 3 is 2.51 bits per heavy atom. The lowest BCUT2D eigenvalue weighted by atomic mass is 9.90. The molecule has 3 aliphatic rings. The second-order valence-electron chi connectivity index (χ2n) is 10.5.